The lowest BCUT2D eigenvalue weighted by Gasteiger charge is -2.03. The molecule has 0 aliphatic carbocycles. The topological polar surface area (TPSA) is 63.6 Å². The minimum atomic E-state index is -1.11. The van der Waals surface area contributed by atoms with Crippen molar-refractivity contribution in [3.05, 3.63) is 42.0 Å². The number of carbonyl (C=O) groups excluding carboxylic acids is 1. The highest BCUT2D eigenvalue weighted by Gasteiger charge is 2.10. The Kier molecular flexibility index (Phi) is 3.23. The van der Waals surface area contributed by atoms with E-state index < -0.39 is 11.9 Å². The average Bonchev–Trinajstić information content (AvgIpc) is 2.27. The fourth-order valence-corrected chi connectivity index (χ4v) is 1.08. The number of hydrogen-bond acceptors (Lipinski definition) is 3. The molecular weight excluding hydrogens is 196 g/mol. The fraction of sp³-hybridized carbons (Fsp3) is 0.0909. The van der Waals surface area contributed by atoms with E-state index in [9.17, 15) is 9.59 Å². The Hall–Kier alpha value is -2.10. The van der Waals surface area contributed by atoms with Gasteiger partial charge in [-0.3, -0.25) is 0 Å². The van der Waals surface area contributed by atoms with Crippen molar-refractivity contribution in [1.29, 1.82) is 0 Å². The first-order valence-electron chi connectivity index (χ1n) is 4.17. The maximum absolute atomic E-state index is 11.2. The average molecular weight is 206 g/mol. The van der Waals surface area contributed by atoms with Crippen LogP contribution < -0.4 is 0 Å². The molecule has 1 aromatic rings. The van der Waals surface area contributed by atoms with Gasteiger partial charge in [0.05, 0.1) is 18.2 Å². The molecule has 0 aromatic heterocycles. The monoisotopic (exact) mass is 206 g/mol. The van der Waals surface area contributed by atoms with Crippen molar-refractivity contribution in [2.45, 2.75) is 0 Å². The SMILES string of the molecule is C=C(C(=O)O)c1cccc(C(=O)OC)c1. The Morgan fingerprint density at radius 2 is 1.93 bits per heavy atom. The summed E-state index contributed by atoms with van der Waals surface area (Å²) in [6, 6.07) is 6.13. The van der Waals surface area contributed by atoms with Gasteiger partial charge in [0.25, 0.3) is 0 Å². The lowest BCUT2D eigenvalue weighted by atomic mass is 10.0. The van der Waals surface area contributed by atoms with E-state index in [1.807, 2.05) is 0 Å². The van der Waals surface area contributed by atoms with Gasteiger partial charge in [0, 0.05) is 0 Å². The Morgan fingerprint density at radius 1 is 1.33 bits per heavy atom. The quantitative estimate of drug-likeness (QED) is 0.602. The van der Waals surface area contributed by atoms with E-state index in [-0.39, 0.29) is 5.57 Å². The molecule has 0 amide bonds. The molecule has 0 saturated carbocycles. The highest BCUT2D eigenvalue weighted by atomic mass is 16.5. The first kappa shape index (κ1) is 11.0. The van der Waals surface area contributed by atoms with Crippen LogP contribution in [-0.4, -0.2) is 24.2 Å². The summed E-state index contributed by atoms with van der Waals surface area (Å²) in [5, 5.41) is 8.71. The number of carboxylic acid groups (broad SMARTS) is 1. The van der Waals surface area contributed by atoms with Crippen LogP contribution in [-0.2, 0) is 9.53 Å². The van der Waals surface area contributed by atoms with Crippen molar-refractivity contribution in [3.63, 3.8) is 0 Å². The molecule has 0 spiro atoms. The zero-order valence-corrected chi connectivity index (χ0v) is 8.19. The van der Waals surface area contributed by atoms with E-state index in [2.05, 4.69) is 11.3 Å². The molecule has 15 heavy (non-hydrogen) atoms. The summed E-state index contributed by atoms with van der Waals surface area (Å²) in [7, 11) is 1.26. The molecule has 0 aliphatic heterocycles. The van der Waals surface area contributed by atoms with E-state index in [1.54, 1.807) is 18.2 Å². The summed E-state index contributed by atoms with van der Waals surface area (Å²) in [5.74, 6) is -1.62. The van der Waals surface area contributed by atoms with Gasteiger partial charge < -0.3 is 9.84 Å². The Labute approximate surface area is 86.8 Å². The number of hydrogen-bond donors (Lipinski definition) is 1. The van der Waals surface area contributed by atoms with Crippen molar-refractivity contribution >= 4 is 17.5 Å². The molecule has 1 rings (SSSR count). The second kappa shape index (κ2) is 4.41. The van der Waals surface area contributed by atoms with E-state index in [4.69, 9.17) is 5.11 Å². The first-order chi connectivity index (χ1) is 7.06. The third-order valence-corrected chi connectivity index (χ3v) is 1.89. The zero-order valence-electron chi connectivity index (χ0n) is 8.19. The molecule has 0 aliphatic rings. The van der Waals surface area contributed by atoms with Gasteiger partial charge in [-0.05, 0) is 17.7 Å². The summed E-state index contributed by atoms with van der Waals surface area (Å²) < 4.78 is 4.52. The predicted molar refractivity (Wildman–Crippen MR) is 54.5 cm³/mol. The van der Waals surface area contributed by atoms with E-state index >= 15 is 0 Å². The van der Waals surface area contributed by atoms with Crippen LogP contribution in [0.1, 0.15) is 15.9 Å². The molecule has 0 bridgehead atoms. The van der Waals surface area contributed by atoms with Gasteiger partial charge in [-0.15, -0.1) is 0 Å². The highest BCUT2D eigenvalue weighted by Crippen LogP contribution is 2.14. The largest absolute Gasteiger partial charge is 0.478 e. The molecule has 4 heteroatoms. The molecule has 0 heterocycles. The molecular formula is C11H10O4. The van der Waals surface area contributed by atoms with Crippen LogP contribution in [0.3, 0.4) is 0 Å². The smallest absolute Gasteiger partial charge is 0.337 e. The number of benzene rings is 1. The number of esters is 1. The van der Waals surface area contributed by atoms with Crippen LogP contribution in [0.4, 0.5) is 0 Å². The van der Waals surface area contributed by atoms with Crippen molar-refractivity contribution < 1.29 is 19.4 Å². The summed E-state index contributed by atoms with van der Waals surface area (Å²) in [6.45, 7) is 3.40. The van der Waals surface area contributed by atoms with Crippen LogP contribution in [0.25, 0.3) is 5.57 Å². The second-order valence-electron chi connectivity index (χ2n) is 2.86. The summed E-state index contributed by atoms with van der Waals surface area (Å²) in [5.41, 5.74) is 0.642. The lowest BCUT2D eigenvalue weighted by molar-refractivity contribution is -0.130. The van der Waals surface area contributed by atoms with Crippen LogP contribution in [0, 0.1) is 0 Å². The molecule has 0 atom stereocenters. The minimum Gasteiger partial charge on any atom is -0.478 e. The van der Waals surface area contributed by atoms with E-state index in [0.29, 0.717) is 11.1 Å². The summed E-state index contributed by atoms with van der Waals surface area (Å²) in [4.78, 5) is 21.8. The second-order valence-corrected chi connectivity index (χ2v) is 2.86. The number of aliphatic carboxylic acids is 1. The third-order valence-electron chi connectivity index (χ3n) is 1.89. The Bertz CT molecular complexity index is 420. The number of methoxy groups -OCH3 is 1. The van der Waals surface area contributed by atoms with Gasteiger partial charge in [0.1, 0.15) is 0 Å². The van der Waals surface area contributed by atoms with Gasteiger partial charge in [0.15, 0.2) is 0 Å². The molecule has 0 fully saturated rings. The Balaban J connectivity index is 3.08. The van der Waals surface area contributed by atoms with Crippen molar-refractivity contribution in [2.24, 2.45) is 0 Å². The summed E-state index contributed by atoms with van der Waals surface area (Å²) in [6.07, 6.45) is 0. The predicted octanol–water partition coefficient (Wildman–Crippen LogP) is 1.57. The first-order valence-corrected chi connectivity index (χ1v) is 4.17. The standard InChI is InChI=1S/C11H10O4/c1-7(10(12)13)8-4-3-5-9(6-8)11(14)15-2/h3-6H,1H2,2H3,(H,12,13). The van der Waals surface area contributed by atoms with Crippen LogP contribution in [0.2, 0.25) is 0 Å². The molecule has 0 saturated heterocycles. The van der Waals surface area contributed by atoms with Crippen LogP contribution in [0.15, 0.2) is 30.8 Å². The van der Waals surface area contributed by atoms with Gasteiger partial charge in [-0.1, -0.05) is 18.7 Å². The maximum atomic E-state index is 11.2. The maximum Gasteiger partial charge on any atom is 0.337 e. The molecule has 0 unspecified atom stereocenters. The molecule has 1 aromatic carbocycles. The van der Waals surface area contributed by atoms with Crippen LogP contribution in [0.5, 0.6) is 0 Å². The molecule has 1 N–H and O–H groups in total. The normalized spacial score (nSPS) is 9.40. The molecule has 4 nitrogen and oxygen atoms in total. The number of carboxylic acids is 1. The highest BCUT2D eigenvalue weighted by molar-refractivity contribution is 6.14. The Morgan fingerprint density at radius 3 is 2.47 bits per heavy atom. The minimum absolute atomic E-state index is 0.0549. The number of rotatable bonds is 3. The number of ether oxygens (including phenoxy) is 1. The van der Waals surface area contributed by atoms with Gasteiger partial charge >= 0.3 is 11.9 Å². The van der Waals surface area contributed by atoms with Crippen LogP contribution >= 0.6 is 0 Å². The molecule has 0 radical (unpaired) electrons. The van der Waals surface area contributed by atoms with Crippen molar-refractivity contribution in [2.75, 3.05) is 7.11 Å². The van der Waals surface area contributed by atoms with E-state index in [0.717, 1.165) is 0 Å². The zero-order chi connectivity index (χ0) is 11.4. The van der Waals surface area contributed by atoms with Gasteiger partial charge in [-0.2, -0.15) is 0 Å². The lowest BCUT2D eigenvalue weighted by Crippen LogP contribution is -2.03. The van der Waals surface area contributed by atoms with Crippen molar-refractivity contribution in [3.8, 4) is 0 Å². The van der Waals surface area contributed by atoms with E-state index in [1.165, 1.54) is 13.2 Å². The van der Waals surface area contributed by atoms with Gasteiger partial charge in [-0.25, -0.2) is 9.59 Å². The number of carbonyl (C=O) groups is 2. The third kappa shape index (κ3) is 2.43. The summed E-state index contributed by atoms with van der Waals surface area (Å²) >= 11 is 0. The molecule has 78 valence electrons. The van der Waals surface area contributed by atoms with Crippen molar-refractivity contribution in [1.82, 2.24) is 0 Å². The fourth-order valence-electron chi connectivity index (χ4n) is 1.08. The van der Waals surface area contributed by atoms with Gasteiger partial charge in [0.2, 0.25) is 0 Å².